The molecule has 0 unspecified atom stereocenters. The average Bonchev–Trinajstić information content (AvgIpc) is 3.82. The molecule has 10 rings (SSSR count). The van der Waals surface area contributed by atoms with E-state index in [9.17, 15) is 42.1 Å². The Kier molecular flexibility index (Phi) is 9.14. The Morgan fingerprint density at radius 2 is 0.812 bits per heavy atom. The molecule has 306 valence electrons. The quantitative estimate of drug-likeness (QED) is 0.162. The number of aromatic nitrogens is 2. The molecule has 5 nitrogen and oxygen atoms in total. The van der Waals surface area contributed by atoms with Crippen molar-refractivity contribution >= 4 is 43.6 Å². The van der Waals surface area contributed by atoms with E-state index in [2.05, 4.69) is 18.2 Å². The summed E-state index contributed by atoms with van der Waals surface area (Å²) in [5.41, 5.74) is 3.27. The van der Waals surface area contributed by atoms with Crippen LogP contribution in [0.5, 0.6) is 0 Å². The van der Waals surface area contributed by atoms with E-state index >= 15 is 0 Å². The third-order valence-corrected chi connectivity index (χ3v) is 11.7. The molecule has 0 aliphatic heterocycles. The van der Waals surface area contributed by atoms with Crippen LogP contribution < -0.4 is 0 Å². The first-order valence-electron chi connectivity index (χ1n) is 19.8. The van der Waals surface area contributed by atoms with E-state index in [0.717, 1.165) is 44.3 Å². The molecule has 8 aromatic carbocycles. The predicted molar refractivity (Wildman–Crippen MR) is 236 cm³/mol. The van der Waals surface area contributed by atoms with Gasteiger partial charge in [0, 0.05) is 27.1 Å². The fraction of sp³-hybridized carbons (Fsp3) is 0.0377. The van der Waals surface area contributed by atoms with Crippen LogP contribution in [0.15, 0.2) is 164 Å². The highest BCUT2D eigenvalue weighted by Gasteiger charge is 2.39. The largest absolute Gasteiger partial charge is 0.417 e. The first-order chi connectivity index (χ1) is 30.9. The normalized spacial score (nSPS) is 11.9. The topological polar surface area (TPSA) is 81.2 Å². The standard InChI is InChI=1S/C53H27F6N5/c54-52(55,56)36-19-20-39(45(26-36)53(57,58)59)42-27-51(64-47-16-8-6-14-41(47)44-24-32(18-22-49(44)64)38-12-4-2-10-34(38)29-61)50(25-35(42)30-62)63-46-15-7-5-13-40(46)43-23-31(17-21-48(43)63)37-11-3-1-9-33(37)28-60/h1-27H. The lowest BCUT2D eigenvalue weighted by Crippen LogP contribution is -2.13. The van der Waals surface area contributed by atoms with Crippen LogP contribution in [0, 0.1) is 34.0 Å². The lowest BCUT2D eigenvalue weighted by atomic mass is 9.92. The molecule has 2 aromatic heterocycles. The number of halogens is 6. The van der Waals surface area contributed by atoms with Crippen LogP contribution >= 0.6 is 0 Å². The van der Waals surface area contributed by atoms with Gasteiger partial charge in [0.05, 0.1) is 79.5 Å². The number of nitriles is 3. The second-order valence-electron chi connectivity index (χ2n) is 15.2. The van der Waals surface area contributed by atoms with Crippen molar-refractivity contribution in [2.45, 2.75) is 12.4 Å². The maximum absolute atomic E-state index is 14.9. The summed E-state index contributed by atoms with van der Waals surface area (Å²) in [5, 5.41) is 33.8. The van der Waals surface area contributed by atoms with E-state index in [1.54, 1.807) is 24.3 Å². The first kappa shape index (κ1) is 39.5. The number of hydrogen-bond acceptors (Lipinski definition) is 3. The zero-order valence-electron chi connectivity index (χ0n) is 33.1. The lowest BCUT2D eigenvalue weighted by molar-refractivity contribution is -0.142. The molecule has 11 heteroatoms. The number of benzene rings is 8. The molecule has 64 heavy (non-hydrogen) atoms. The lowest BCUT2D eigenvalue weighted by Gasteiger charge is -2.21. The van der Waals surface area contributed by atoms with Crippen LogP contribution in [0.3, 0.4) is 0 Å². The second-order valence-corrected chi connectivity index (χ2v) is 15.2. The molecule has 0 atom stereocenters. The summed E-state index contributed by atoms with van der Waals surface area (Å²) in [6.45, 7) is 0. The molecule has 0 amide bonds. The van der Waals surface area contributed by atoms with Crippen molar-refractivity contribution in [1.29, 1.82) is 15.8 Å². The van der Waals surface area contributed by atoms with Gasteiger partial charge in [-0.15, -0.1) is 0 Å². The third kappa shape index (κ3) is 6.32. The number of rotatable bonds is 5. The molecule has 0 aliphatic rings. The molecule has 0 fully saturated rings. The van der Waals surface area contributed by atoms with Gasteiger partial charge < -0.3 is 9.13 Å². The third-order valence-electron chi connectivity index (χ3n) is 11.7. The maximum Gasteiger partial charge on any atom is 0.417 e. The van der Waals surface area contributed by atoms with E-state index in [-0.39, 0.29) is 17.2 Å². The minimum Gasteiger partial charge on any atom is -0.307 e. The van der Waals surface area contributed by atoms with Gasteiger partial charge in [0.2, 0.25) is 0 Å². The van der Waals surface area contributed by atoms with Gasteiger partial charge in [0.1, 0.15) is 0 Å². The van der Waals surface area contributed by atoms with Gasteiger partial charge in [0.25, 0.3) is 0 Å². The first-order valence-corrected chi connectivity index (χ1v) is 19.8. The van der Waals surface area contributed by atoms with Crippen LogP contribution in [0.1, 0.15) is 27.8 Å². The summed E-state index contributed by atoms with van der Waals surface area (Å²) in [6, 6.07) is 51.8. The van der Waals surface area contributed by atoms with Gasteiger partial charge in [-0.25, -0.2) is 0 Å². The zero-order chi connectivity index (χ0) is 44.5. The molecule has 10 aromatic rings. The minimum absolute atomic E-state index is 0.0835. The second kappa shape index (κ2) is 14.8. The van der Waals surface area contributed by atoms with Crippen LogP contribution in [0.25, 0.3) is 88.4 Å². The highest BCUT2D eigenvalue weighted by atomic mass is 19.4. The zero-order valence-corrected chi connectivity index (χ0v) is 33.1. The van der Waals surface area contributed by atoms with Gasteiger partial charge >= 0.3 is 12.4 Å². The van der Waals surface area contributed by atoms with E-state index in [4.69, 9.17) is 0 Å². The minimum atomic E-state index is -5.22. The van der Waals surface area contributed by atoms with Crippen molar-refractivity contribution in [2.24, 2.45) is 0 Å². The van der Waals surface area contributed by atoms with Crippen LogP contribution in [-0.2, 0) is 12.4 Å². The Morgan fingerprint density at radius 3 is 1.30 bits per heavy atom. The molecular formula is C53H27F6N5. The Labute approximate surface area is 360 Å². The number of alkyl halides is 6. The van der Waals surface area contributed by atoms with E-state index < -0.39 is 29.0 Å². The van der Waals surface area contributed by atoms with Crippen molar-refractivity contribution in [3.05, 3.63) is 192 Å². The summed E-state index contributed by atoms with van der Waals surface area (Å²) in [6.07, 6.45) is -10.3. The summed E-state index contributed by atoms with van der Waals surface area (Å²) in [4.78, 5) is 0. The molecular weight excluding hydrogens is 821 g/mol. The van der Waals surface area contributed by atoms with Crippen molar-refractivity contribution in [2.75, 3.05) is 0 Å². The maximum atomic E-state index is 14.9. The molecule has 0 saturated heterocycles. The Morgan fingerprint density at radius 1 is 0.359 bits per heavy atom. The van der Waals surface area contributed by atoms with Gasteiger partial charge in [0.15, 0.2) is 0 Å². The monoisotopic (exact) mass is 847 g/mol. The van der Waals surface area contributed by atoms with Crippen LogP contribution in [0.4, 0.5) is 26.3 Å². The molecule has 0 saturated carbocycles. The SMILES string of the molecule is N#Cc1ccccc1-c1ccc2c(c1)c1ccccc1n2-c1cc(C#N)c(-c2ccc(C(F)(F)F)cc2C(F)(F)F)cc1-n1c2ccccc2c2cc(-c3ccccc3C#N)ccc21. The van der Waals surface area contributed by atoms with Gasteiger partial charge in [-0.05, 0) is 101 Å². The molecule has 0 bridgehead atoms. The highest BCUT2D eigenvalue weighted by Crippen LogP contribution is 2.46. The van der Waals surface area contributed by atoms with Crippen LogP contribution in [0.2, 0.25) is 0 Å². The van der Waals surface area contributed by atoms with Gasteiger partial charge in [-0.1, -0.05) is 91.0 Å². The van der Waals surface area contributed by atoms with Crippen molar-refractivity contribution in [3.63, 3.8) is 0 Å². The Bertz CT molecular complexity index is 3700. The molecule has 0 N–H and O–H groups in total. The van der Waals surface area contributed by atoms with Gasteiger partial charge in [-0.3, -0.25) is 0 Å². The predicted octanol–water partition coefficient (Wildman–Crippen LogP) is 14.5. The summed E-state index contributed by atoms with van der Waals surface area (Å²) in [7, 11) is 0. The highest BCUT2D eigenvalue weighted by molar-refractivity contribution is 6.13. The summed E-state index contributed by atoms with van der Waals surface area (Å²) in [5.74, 6) is 0. The molecule has 0 spiro atoms. The Balaban J connectivity index is 1.34. The van der Waals surface area contributed by atoms with E-state index in [1.165, 1.54) is 12.1 Å². The van der Waals surface area contributed by atoms with Crippen molar-refractivity contribution in [1.82, 2.24) is 9.13 Å². The van der Waals surface area contributed by atoms with E-state index in [0.29, 0.717) is 56.2 Å². The average molecular weight is 848 g/mol. The smallest absolute Gasteiger partial charge is 0.307 e. The molecule has 0 aliphatic carbocycles. The fourth-order valence-electron chi connectivity index (χ4n) is 8.90. The summed E-state index contributed by atoms with van der Waals surface area (Å²) >= 11 is 0. The van der Waals surface area contributed by atoms with Crippen molar-refractivity contribution < 1.29 is 26.3 Å². The van der Waals surface area contributed by atoms with Crippen molar-refractivity contribution in [3.8, 4) is 63.0 Å². The number of nitrogens with zero attached hydrogens (tertiary/aromatic N) is 5. The van der Waals surface area contributed by atoms with E-state index in [1.807, 2.05) is 118 Å². The Hall–Kier alpha value is -8.59. The van der Waals surface area contributed by atoms with Crippen LogP contribution in [-0.4, -0.2) is 9.13 Å². The summed E-state index contributed by atoms with van der Waals surface area (Å²) < 4.78 is 90.4. The molecule has 2 heterocycles. The molecule has 0 radical (unpaired) electrons. The number of hydrogen-bond donors (Lipinski definition) is 0. The van der Waals surface area contributed by atoms with Gasteiger partial charge in [-0.2, -0.15) is 42.1 Å². The number of fused-ring (bicyclic) bond motifs is 6. The number of para-hydroxylation sites is 2. The fourth-order valence-corrected chi connectivity index (χ4v) is 8.90.